The van der Waals surface area contributed by atoms with Crippen LogP contribution in [0.2, 0.25) is 0 Å². The predicted octanol–water partition coefficient (Wildman–Crippen LogP) is 13.6. The summed E-state index contributed by atoms with van der Waals surface area (Å²) in [5, 5.41) is 8.51. The average molecular weight is 614 g/mol. The van der Waals surface area contributed by atoms with Gasteiger partial charge in [0.15, 0.2) is 0 Å². The van der Waals surface area contributed by atoms with Gasteiger partial charge in [-0.2, -0.15) is 0 Å². The van der Waals surface area contributed by atoms with Crippen LogP contribution in [-0.2, 0) is 0 Å². The Morgan fingerprint density at radius 1 is 0.312 bits per heavy atom. The maximum atomic E-state index is 10.3. The Morgan fingerprint density at radius 2 is 0.812 bits per heavy atom. The van der Waals surface area contributed by atoms with Crippen LogP contribution in [0.25, 0.3) is 98.0 Å². The SMILES string of the molecule is [2H]c1c([2H])c([2H])c2c(-c3cc4ccccc4c4ccccc34)c3c([2H])c(-c4cccc5ccccc45)c([2H])c([2H])c3c(-c3cccc4ccccc34)c2c1[2H]. The van der Waals surface area contributed by atoms with E-state index in [1.165, 1.54) is 0 Å². The minimum absolute atomic E-state index is 0.0235. The van der Waals surface area contributed by atoms with E-state index in [1.54, 1.807) is 0 Å². The molecule has 0 amide bonds. The zero-order valence-electron chi connectivity index (χ0n) is 32.8. The molecule has 0 saturated carbocycles. The van der Waals surface area contributed by atoms with Gasteiger partial charge in [-0.3, -0.25) is 0 Å². The minimum atomic E-state index is -0.385. The van der Waals surface area contributed by atoms with Gasteiger partial charge in [0.1, 0.15) is 0 Å². The summed E-state index contributed by atoms with van der Waals surface area (Å²) in [4.78, 5) is 0. The van der Waals surface area contributed by atoms with Crippen LogP contribution < -0.4 is 0 Å². The summed E-state index contributed by atoms with van der Waals surface area (Å²) in [5.41, 5.74) is 3.16. The summed E-state index contributed by atoms with van der Waals surface area (Å²) in [5.74, 6) is 0. The first-order valence-corrected chi connectivity index (χ1v) is 16.1. The third-order valence-corrected chi connectivity index (χ3v) is 9.66. The predicted molar refractivity (Wildman–Crippen MR) is 208 cm³/mol. The molecule has 0 heterocycles. The van der Waals surface area contributed by atoms with Crippen molar-refractivity contribution in [1.29, 1.82) is 0 Å². The highest BCUT2D eigenvalue weighted by atomic mass is 14.2. The van der Waals surface area contributed by atoms with Gasteiger partial charge in [-0.15, -0.1) is 0 Å². The lowest BCUT2D eigenvalue weighted by atomic mass is 9.82. The van der Waals surface area contributed by atoms with Crippen LogP contribution >= 0.6 is 0 Å². The second-order valence-electron chi connectivity index (χ2n) is 12.2. The molecule has 10 aromatic carbocycles. The van der Waals surface area contributed by atoms with Gasteiger partial charge in [-0.25, -0.2) is 0 Å². The third kappa shape index (κ3) is 4.03. The lowest BCUT2D eigenvalue weighted by Gasteiger charge is -2.21. The highest BCUT2D eigenvalue weighted by Gasteiger charge is 2.21. The quantitative estimate of drug-likeness (QED) is 0.137. The van der Waals surface area contributed by atoms with E-state index in [-0.39, 0.29) is 53.1 Å². The van der Waals surface area contributed by atoms with E-state index in [9.17, 15) is 6.85 Å². The van der Waals surface area contributed by atoms with Gasteiger partial charge in [0.25, 0.3) is 0 Å². The van der Waals surface area contributed by atoms with E-state index >= 15 is 0 Å². The van der Waals surface area contributed by atoms with E-state index in [1.807, 2.05) is 133 Å². The molecule has 0 aliphatic heterocycles. The molecule has 10 rings (SSSR count). The summed E-state index contributed by atoms with van der Waals surface area (Å²) >= 11 is 0. The van der Waals surface area contributed by atoms with Crippen molar-refractivity contribution in [3.63, 3.8) is 0 Å². The van der Waals surface area contributed by atoms with Crippen LogP contribution in [-0.4, -0.2) is 0 Å². The monoisotopic (exact) mass is 613 g/mol. The molecule has 0 nitrogen and oxygen atoms in total. The maximum absolute atomic E-state index is 10.3. The molecule has 0 fully saturated rings. The van der Waals surface area contributed by atoms with Crippen molar-refractivity contribution in [1.82, 2.24) is 0 Å². The molecule has 10 aromatic rings. The molecule has 0 saturated heterocycles. The van der Waals surface area contributed by atoms with Gasteiger partial charge in [0, 0.05) is 0 Å². The number of benzene rings is 10. The molecule has 0 radical (unpaired) electrons. The number of fused-ring (bicyclic) bond motifs is 7. The molecule has 0 aromatic heterocycles. The lowest BCUT2D eigenvalue weighted by Crippen LogP contribution is -1.94. The van der Waals surface area contributed by atoms with Crippen molar-refractivity contribution >= 4 is 64.6 Å². The second kappa shape index (κ2) is 10.7. The lowest BCUT2D eigenvalue weighted by molar-refractivity contribution is 1.67. The summed E-state index contributed by atoms with van der Waals surface area (Å²) in [7, 11) is 0. The van der Waals surface area contributed by atoms with Gasteiger partial charge in [-0.05, 0) is 110 Å². The molecule has 0 unspecified atom stereocenters. The Hall–Kier alpha value is -6.24. The number of hydrogen-bond donors (Lipinski definition) is 0. The molecule has 0 aliphatic rings. The largest absolute Gasteiger partial charge is 0.0636 e. The van der Waals surface area contributed by atoms with E-state index in [0.717, 1.165) is 43.1 Å². The van der Waals surface area contributed by atoms with E-state index < -0.39 is 0 Å². The Bertz CT molecular complexity index is 3280. The average Bonchev–Trinajstić information content (AvgIpc) is 3.22. The smallest absolute Gasteiger partial charge is 0.0616 e. The van der Waals surface area contributed by atoms with Crippen LogP contribution in [0, 0.1) is 0 Å². The topological polar surface area (TPSA) is 0 Å². The van der Waals surface area contributed by atoms with E-state index in [0.29, 0.717) is 44.2 Å². The molecular weight excluding hydrogens is 577 g/mol. The highest BCUT2D eigenvalue weighted by molar-refractivity contribution is 6.27. The van der Waals surface area contributed by atoms with Crippen LogP contribution in [0.5, 0.6) is 0 Å². The summed E-state index contributed by atoms with van der Waals surface area (Å²) < 4.78 is 67.1. The van der Waals surface area contributed by atoms with E-state index in [2.05, 4.69) is 6.07 Å². The number of hydrogen-bond acceptors (Lipinski definition) is 0. The summed E-state index contributed by atoms with van der Waals surface area (Å²) in [6.45, 7) is 0. The van der Waals surface area contributed by atoms with Crippen LogP contribution in [0.1, 0.15) is 9.60 Å². The maximum Gasteiger partial charge on any atom is 0.0636 e. The van der Waals surface area contributed by atoms with Gasteiger partial charge in [0.2, 0.25) is 0 Å². The van der Waals surface area contributed by atoms with Crippen molar-refractivity contribution in [2.24, 2.45) is 0 Å². The van der Waals surface area contributed by atoms with Crippen molar-refractivity contribution in [2.45, 2.75) is 0 Å². The van der Waals surface area contributed by atoms with Crippen LogP contribution in [0.15, 0.2) is 182 Å². The van der Waals surface area contributed by atoms with E-state index in [4.69, 9.17) is 2.74 Å². The van der Waals surface area contributed by atoms with Gasteiger partial charge in [0.05, 0.1) is 9.60 Å². The fourth-order valence-electron chi connectivity index (χ4n) is 7.54. The fraction of sp³-hybridized carbons (Fsp3) is 0. The van der Waals surface area contributed by atoms with Crippen LogP contribution in [0.4, 0.5) is 0 Å². The molecule has 0 spiro atoms. The van der Waals surface area contributed by atoms with Crippen molar-refractivity contribution in [3.8, 4) is 33.4 Å². The standard InChI is InChI=1S/C48H30/c1-4-18-35-31(13-1)16-11-25-37(35)34-27-28-44-46(30-34)48(45-29-33-15-3-6-20-38(33)39-21-7-8-22-40(39)45)43-24-10-9-23-42(43)47(44)41-26-12-17-32-14-2-5-19-36(32)41/h1-30H/i9D,10D,23D,24D,27D,28D,30D. The third-order valence-electron chi connectivity index (χ3n) is 9.66. The van der Waals surface area contributed by atoms with Gasteiger partial charge >= 0.3 is 0 Å². The molecule has 0 N–H and O–H groups in total. The first-order chi connectivity index (χ1) is 26.8. The van der Waals surface area contributed by atoms with Gasteiger partial charge < -0.3 is 0 Å². The van der Waals surface area contributed by atoms with Gasteiger partial charge in [-0.1, -0.05) is 170 Å². The minimum Gasteiger partial charge on any atom is -0.0616 e. The summed E-state index contributed by atoms with van der Waals surface area (Å²) in [6.07, 6.45) is 0. The van der Waals surface area contributed by atoms with Crippen molar-refractivity contribution in [2.75, 3.05) is 0 Å². The Labute approximate surface area is 289 Å². The fourth-order valence-corrected chi connectivity index (χ4v) is 7.54. The summed E-state index contributed by atoms with van der Waals surface area (Å²) in [6, 6.07) is 43.9. The molecule has 222 valence electrons. The molecule has 0 heteroatoms. The zero-order valence-corrected chi connectivity index (χ0v) is 25.8. The first kappa shape index (κ1) is 20.8. The molecule has 0 bridgehead atoms. The molecule has 48 heavy (non-hydrogen) atoms. The normalized spacial score (nSPS) is 13.8. The Kier molecular flexibility index (Phi) is 4.62. The molecule has 0 aliphatic carbocycles. The van der Waals surface area contributed by atoms with Crippen molar-refractivity contribution in [3.05, 3.63) is 182 Å². The second-order valence-corrected chi connectivity index (χ2v) is 12.2. The Morgan fingerprint density at radius 3 is 1.52 bits per heavy atom. The number of rotatable bonds is 3. The molecular formula is C48H30. The first-order valence-electron chi connectivity index (χ1n) is 19.6. The molecule has 0 atom stereocenters. The highest BCUT2D eigenvalue weighted by Crippen LogP contribution is 2.48. The Balaban J connectivity index is 1.55. The zero-order chi connectivity index (χ0) is 37.7. The van der Waals surface area contributed by atoms with Crippen molar-refractivity contribution < 1.29 is 9.60 Å². The van der Waals surface area contributed by atoms with Crippen LogP contribution in [0.3, 0.4) is 0 Å².